The van der Waals surface area contributed by atoms with Crippen LogP contribution in [-0.4, -0.2) is 57.2 Å². The van der Waals surface area contributed by atoms with Gasteiger partial charge >= 0.3 is 0 Å². The van der Waals surface area contributed by atoms with E-state index in [-0.39, 0.29) is 11.7 Å². The molecule has 5 nitrogen and oxygen atoms in total. The van der Waals surface area contributed by atoms with Gasteiger partial charge < -0.3 is 15.4 Å². The van der Waals surface area contributed by atoms with Crippen molar-refractivity contribution in [1.29, 1.82) is 0 Å². The fourth-order valence-electron chi connectivity index (χ4n) is 2.45. The summed E-state index contributed by atoms with van der Waals surface area (Å²) in [6.07, 6.45) is 0. The topological polar surface area (TPSA) is 53.6 Å². The zero-order valence-electron chi connectivity index (χ0n) is 12.3. The molecular formula is C15H22FN3O2. The maximum Gasteiger partial charge on any atom is 0.242 e. The quantitative estimate of drug-likeness (QED) is 0.752. The van der Waals surface area contributed by atoms with Gasteiger partial charge in [-0.15, -0.1) is 0 Å². The molecule has 0 spiro atoms. The Hall–Kier alpha value is -1.50. The van der Waals surface area contributed by atoms with Gasteiger partial charge in [0.25, 0.3) is 0 Å². The summed E-state index contributed by atoms with van der Waals surface area (Å²) >= 11 is 0. The Balaban J connectivity index is 2.15. The Kier molecular flexibility index (Phi) is 6.10. The normalized spacial score (nSPS) is 17.4. The van der Waals surface area contributed by atoms with Gasteiger partial charge in [0.15, 0.2) is 0 Å². The first kappa shape index (κ1) is 15.9. The monoisotopic (exact) mass is 295 g/mol. The zero-order valence-corrected chi connectivity index (χ0v) is 12.3. The van der Waals surface area contributed by atoms with Crippen LogP contribution in [0.2, 0.25) is 0 Å². The minimum Gasteiger partial charge on any atom is -0.379 e. The van der Waals surface area contributed by atoms with E-state index in [2.05, 4.69) is 10.6 Å². The van der Waals surface area contributed by atoms with E-state index < -0.39 is 6.04 Å². The van der Waals surface area contributed by atoms with E-state index in [9.17, 15) is 9.18 Å². The van der Waals surface area contributed by atoms with Crippen LogP contribution in [0.15, 0.2) is 24.3 Å². The van der Waals surface area contributed by atoms with Gasteiger partial charge in [0.1, 0.15) is 11.9 Å². The summed E-state index contributed by atoms with van der Waals surface area (Å²) in [5.41, 5.74) is 0.679. The van der Waals surface area contributed by atoms with Gasteiger partial charge in [0, 0.05) is 26.2 Å². The number of morpholine rings is 1. The largest absolute Gasteiger partial charge is 0.379 e. The molecule has 2 N–H and O–H groups in total. The summed E-state index contributed by atoms with van der Waals surface area (Å²) in [4.78, 5) is 14.5. The number of nitrogens with zero attached hydrogens (tertiary/aromatic N) is 1. The van der Waals surface area contributed by atoms with Crippen LogP contribution in [0.4, 0.5) is 4.39 Å². The van der Waals surface area contributed by atoms with Crippen molar-refractivity contribution in [1.82, 2.24) is 15.5 Å². The maximum absolute atomic E-state index is 13.5. The van der Waals surface area contributed by atoms with E-state index in [1.807, 2.05) is 11.9 Å². The Morgan fingerprint density at radius 1 is 1.38 bits per heavy atom. The Morgan fingerprint density at radius 3 is 2.81 bits per heavy atom. The summed E-state index contributed by atoms with van der Waals surface area (Å²) in [6, 6.07) is 5.78. The van der Waals surface area contributed by atoms with Crippen LogP contribution in [0.25, 0.3) is 0 Å². The van der Waals surface area contributed by atoms with Crippen molar-refractivity contribution >= 4 is 5.91 Å². The van der Waals surface area contributed by atoms with Crippen LogP contribution in [0.5, 0.6) is 0 Å². The molecule has 1 fully saturated rings. The van der Waals surface area contributed by atoms with Crippen LogP contribution in [0, 0.1) is 5.82 Å². The third-order valence-electron chi connectivity index (χ3n) is 3.50. The van der Waals surface area contributed by atoms with Crippen molar-refractivity contribution in [3.05, 3.63) is 35.6 Å². The molecule has 0 aromatic heterocycles. The van der Waals surface area contributed by atoms with Crippen LogP contribution in [-0.2, 0) is 9.53 Å². The smallest absolute Gasteiger partial charge is 0.242 e. The van der Waals surface area contributed by atoms with Gasteiger partial charge in [-0.05, 0) is 24.7 Å². The second-order valence-electron chi connectivity index (χ2n) is 5.00. The van der Waals surface area contributed by atoms with Crippen molar-refractivity contribution in [3.63, 3.8) is 0 Å². The average Bonchev–Trinajstić information content (AvgIpc) is 2.49. The van der Waals surface area contributed by atoms with Gasteiger partial charge in [0.05, 0.1) is 13.2 Å². The molecule has 2 rings (SSSR count). The molecule has 1 saturated heterocycles. The Morgan fingerprint density at radius 2 is 2.14 bits per heavy atom. The molecule has 1 heterocycles. The fraction of sp³-hybridized carbons (Fsp3) is 0.533. The van der Waals surface area contributed by atoms with Gasteiger partial charge in [-0.25, -0.2) is 4.39 Å². The van der Waals surface area contributed by atoms with Gasteiger partial charge in [0.2, 0.25) is 5.91 Å². The lowest BCUT2D eigenvalue weighted by Crippen LogP contribution is -2.46. The SMILES string of the molecule is CNCCNC(=O)C(c1cccc(F)c1)N1CCOCC1. The van der Waals surface area contributed by atoms with E-state index in [1.54, 1.807) is 12.1 Å². The number of carbonyl (C=O) groups is 1. The van der Waals surface area contributed by atoms with E-state index in [0.717, 1.165) is 0 Å². The van der Waals surface area contributed by atoms with E-state index in [0.29, 0.717) is 45.0 Å². The first-order valence-electron chi connectivity index (χ1n) is 7.22. The number of likely N-dealkylation sites (N-methyl/N-ethyl adjacent to an activating group) is 1. The summed E-state index contributed by atoms with van der Waals surface area (Å²) in [7, 11) is 1.83. The molecule has 21 heavy (non-hydrogen) atoms. The van der Waals surface area contributed by atoms with Crippen molar-refractivity contribution in [2.75, 3.05) is 46.4 Å². The molecule has 0 aliphatic carbocycles. The lowest BCUT2D eigenvalue weighted by molar-refractivity contribution is -0.128. The maximum atomic E-state index is 13.5. The second-order valence-corrected chi connectivity index (χ2v) is 5.00. The van der Waals surface area contributed by atoms with Crippen molar-refractivity contribution in [3.8, 4) is 0 Å². The minimum atomic E-state index is -0.471. The second kappa shape index (κ2) is 8.07. The minimum absolute atomic E-state index is 0.0993. The third kappa shape index (κ3) is 4.49. The molecule has 1 aromatic carbocycles. The molecule has 116 valence electrons. The lowest BCUT2D eigenvalue weighted by atomic mass is 10.0. The predicted octanol–water partition coefficient (Wildman–Crippen LogP) is 0.535. The van der Waals surface area contributed by atoms with Crippen molar-refractivity contribution < 1.29 is 13.9 Å². The van der Waals surface area contributed by atoms with Crippen LogP contribution in [0.1, 0.15) is 11.6 Å². The molecule has 0 bridgehead atoms. The van der Waals surface area contributed by atoms with E-state index >= 15 is 0 Å². The molecule has 6 heteroatoms. The number of rotatable bonds is 6. The molecule has 1 amide bonds. The molecule has 1 atom stereocenters. The van der Waals surface area contributed by atoms with Gasteiger partial charge in [-0.1, -0.05) is 12.1 Å². The zero-order chi connectivity index (χ0) is 15.1. The highest BCUT2D eigenvalue weighted by molar-refractivity contribution is 5.83. The van der Waals surface area contributed by atoms with Crippen LogP contribution < -0.4 is 10.6 Å². The van der Waals surface area contributed by atoms with Crippen LogP contribution in [0.3, 0.4) is 0 Å². The molecule has 1 aliphatic rings. The van der Waals surface area contributed by atoms with Crippen molar-refractivity contribution in [2.24, 2.45) is 0 Å². The molecule has 1 aromatic rings. The number of amides is 1. The number of nitrogens with one attached hydrogen (secondary N) is 2. The standard InChI is InChI=1S/C15H22FN3O2/c1-17-5-6-18-15(20)14(19-7-9-21-10-8-19)12-3-2-4-13(16)11-12/h2-4,11,14,17H,5-10H2,1H3,(H,18,20). The third-order valence-corrected chi connectivity index (χ3v) is 3.50. The highest BCUT2D eigenvalue weighted by atomic mass is 19.1. The van der Waals surface area contributed by atoms with Gasteiger partial charge in [-0.2, -0.15) is 0 Å². The number of benzene rings is 1. The Labute approximate surface area is 124 Å². The Bertz CT molecular complexity index is 464. The molecular weight excluding hydrogens is 273 g/mol. The number of ether oxygens (including phenoxy) is 1. The fourth-order valence-corrected chi connectivity index (χ4v) is 2.45. The summed E-state index contributed by atoms with van der Waals surface area (Å²) in [5.74, 6) is -0.425. The van der Waals surface area contributed by atoms with E-state index in [4.69, 9.17) is 4.74 Å². The van der Waals surface area contributed by atoms with Crippen molar-refractivity contribution in [2.45, 2.75) is 6.04 Å². The summed E-state index contributed by atoms with van der Waals surface area (Å²) in [5, 5.41) is 5.87. The first-order valence-corrected chi connectivity index (χ1v) is 7.22. The molecule has 1 aliphatic heterocycles. The predicted molar refractivity (Wildman–Crippen MR) is 78.5 cm³/mol. The molecule has 1 unspecified atom stereocenters. The number of carbonyl (C=O) groups excluding carboxylic acids is 1. The average molecular weight is 295 g/mol. The lowest BCUT2D eigenvalue weighted by Gasteiger charge is -2.33. The summed E-state index contributed by atoms with van der Waals surface area (Å²) in [6.45, 7) is 3.77. The first-order chi connectivity index (χ1) is 10.2. The molecule has 0 saturated carbocycles. The number of hydrogen-bond acceptors (Lipinski definition) is 4. The number of hydrogen-bond donors (Lipinski definition) is 2. The molecule has 0 radical (unpaired) electrons. The van der Waals surface area contributed by atoms with Gasteiger partial charge in [-0.3, -0.25) is 9.69 Å². The highest BCUT2D eigenvalue weighted by Gasteiger charge is 2.29. The number of halogens is 1. The summed E-state index contributed by atoms with van der Waals surface area (Å²) < 4.78 is 18.8. The van der Waals surface area contributed by atoms with E-state index in [1.165, 1.54) is 12.1 Å². The van der Waals surface area contributed by atoms with Crippen LogP contribution >= 0.6 is 0 Å². The highest BCUT2D eigenvalue weighted by Crippen LogP contribution is 2.22.